The SMILES string of the molecule is Cn1c(COc2ccccc2)nnc1SCC(=O)N1CCN(c2ccccc2)CC1. The highest BCUT2D eigenvalue weighted by molar-refractivity contribution is 7.99. The van der Waals surface area contributed by atoms with Crippen molar-refractivity contribution in [2.24, 2.45) is 7.05 Å². The predicted molar refractivity (Wildman–Crippen MR) is 118 cm³/mol. The number of para-hydroxylation sites is 2. The van der Waals surface area contributed by atoms with E-state index in [2.05, 4.69) is 27.2 Å². The Labute approximate surface area is 180 Å². The smallest absolute Gasteiger partial charge is 0.233 e. The molecule has 1 aliphatic heterocycles. The van der Waals surface area contributed by atoms with E-state index in [-0.39, 0.29) is 5.91 Å². The lowest BCUT2D eigenvalue weighted by Crippen LogP contribution is -2.49. The van der Waals surface area contributed by atoms with Crippen LogP contribution in [0.3, 0.4) is 0 Å². The number of hydrogen-bond acceptors (Lipinski definition) is 6. The Morgan fingerprint density at radius 2 is 1.63 bits per heavy atom. The van der Waals surface area contributed by atoms with E-state index in [1.165, 1.54) is 17.4 Å². The minimum atomic E-state index is 0.137. The molecule has 1 fully saturated rings. The zero-order valence-corrected chi connectivity index (χ0v) is 17.8. The molecular weight excluding hydrogens is 398 g/mol. The van der Waals surface area contributed by atoms with Crippen LogP contribution in [0.1, 0.15) is 5.82 Å². The fourth-order valence-electron chi connectivity index (χ4n) is 3.33. The van der Waals surface area contributed by atoms with Gasteiger partial charge in [-0.1, -0.05) is 48.2 Å². The van der Waals surface area contributed by atoms with Crippen molar-refractivity contribution in [1.82, 2.24) is 19.7 Å². The van der Waals surface area contributed by atoms with E-state index in [0.29, 0.717) is 12.4 Å². The van der Waals surface area contributed by atoms with Crippen molar-refractivity contribution in [2.45, 2.75) is 11.8 Å². The summed E-state index contributed by atoms with van der Waals surface area (Å²) in [5.41, 5.74) is 1.21. The van der Waals surface area contributed by atoms with E-state index in [9.17, 15) is 4.79 Å². The number of rotatable bonds is 7. The third kappa shape index (κ3) is 4.94. The summed E-state index contributed by atoms with van der Waals surface area (Å²) in [6.07, 6.45) is 0. The second-order valence-electron chi connectivity index (χ2n) is 7.05. The van der Waals surface area contributed by atoms with Gasteiger partial charge in [-0.15, -0.1) is 10.2 Å². The molecule has 0 saturated carbocycles. The molecule has 156 valence electrons. The lowest BCUT2D eigenvalue weighted by atomic mass is 10.2. The molecule has 0 atom stereocenters. The van der Waals surface area contributed by atoms with Gasteiger partial charge in [0.2, 0.25) is 5.91 Å². The van der Waals surface area contributed by atoms with E-state index in [0.717, 1.165) is 42.9 Å². The molecule has 2 aromatic carbocycles. The monoisotopic (exact) mass is 423 g/mol. The fourth-order valence-corrected chi connectivity index (χ4v) is 4.16. The van der Waals surface area contributed by atoms with Gasteiger partial charge in [-0.2, -0.15) is 0 Å². The predicted octanol–water partition coefficient (Wildman–Crippen LogP) is 2.84. The van der Waals surface area contributed by atoms with Gasteiger partial charge in [-0.25, -0.2) is 0 Å². The van der Waals surface area contributed by atoms with Crippen LogP contribution in [0, 0.1) is 0 Å². The molecule has 4 rings (SSSR count). The number of anilines is 1. The molecule has 1 saturated heterocycles. The van der Waals surface area contributed by atoms with Crippen molar-refractivity contribution in [3.05, 3.63) is 66.5 Å². The first-order valence-corrected chi connectivity index (χ1v) is 11.0. The van der Waals surface area contributed by atoms with Crippen LogP contribution >= 0.6 is 11.8 Å². The Morgan fingerprint density at radius 1 is 0.967 bits per heavy atom. The van der Waals surface area contributed by atoms with Crippen LogP contribution in [-0.2, 0) is 18.4 Å². The molecule has 3 aromatic rings. The molecule has 0 bridgehead atoms. The third-order valence-corrected chi connectivity index (χ3v) is 6.12. The Hall–Kier alpha value is -3.00. The first kappa shape index (κ1) is 20.3. The summed E-state index contributed by atoms with van der Waals surface area (Å²) in [5, 5.41) is 9.13. The lowest BCUT2D eigenvalue weighted by Gasteiger charge is -2.36. The van der Waals surface area contributed by atoms with Crippen LogP contribution in [0.2, 0.25) is 0 Å². The summed E-state index contributed by atoms with van der Waals surface area (Å²) in [6.45, 7) is 3.52. The topological polar surface area (TPSA) is 63.5 Å². The summed E-state index contributed by atoms with van der Waals surface area (Å²) < 4.78 is 7.62. The standard InChI is InChI=1S/C22H25N5O2S/c1-25-20(16-29-19-10-6-3-7-11-19)23-24-22(25)30-17-21(28)27-14-12-26(13-15-27)18-8-4-2-5-9-18/h2-11H,12-17H2,1H3. The third-order valence-electron chi connectivity index (χ3n) is 5.11. The summed E-state index contributed by atoms with van der Waals surface area (Å²) in [6, 6.07) is 19.9. The summed E-state index contributed by atoms with van der Waals surface area (Å²) in [5.74, 6) is 2.01. The number of nitrogens with zero attached hydrogens (tertiary/aromatic N) is 5. The zero-order chi connectivity index (χ0) is 20.8. The van der Waals surface area contributed by atoms with Crippen LogP contribution in [0.25, 0.3) is 0 Å². The van der Waals surface area contributed by atoms with Crippen molar-refractivity contribution in [2.75, 3.05) is 36.8 Å². The quantitative estimate of drug-likeness (QED) is 0.545. The van der Waals surface area contributed by atoms with E-state index < -0.39 is 0 Å². The first-order chi connectivity index (χ1) is 14.7. The molecule has 0 radical (unpaired) electrons. The zero-order valence-electron chi connectivity index (χ0n) is 17.0. The highest BCUT2D eigenvalue weighted by Gasteiger charge is 2.22. The van der Waals surface area contributed by atoms with Gasteiger partial charge in [0.25, 0.3) is 0 Å². The van der Waals surface area contributed by atoms with Gasteiger partial charge in [-0.3, -0.25) is 4.79 Å². The molecule has 30 heavy (non-hydrogen) atoms. The number of benzene rings is 2. The van der Waals surface area contributed by atoms with E-state index >= 15 is 0 Å². The maximum absolute atomic E-state index is 12.6. The Bertz CT molecular complexity index is 956. The number of amides is 1. The number of carbonyl (C=O) groups excluding carboxylic acids is 1. The number of aromatic nitrogens is 3. The van der Waals surface area contributed by atoms with E-state index in [1.807, 2.05) is 65.0 Å². The minimum Gasteiger partial charge on any atom is -0.486 e. The molecule has 1 amide bonds. The average molecular weight is 424 g/mol. The van der Waals surface area contributed by atoms with Crippen LogP contribution in [0.15, 0.2) is 65.8 Å². The van der Waals surface area contributed by atoms with E-state index in [4.69, 9.17) is 4.74 Å². The second kappa shape index (κ2) is 9.67. The van der Waals surface area contributed by atoms with Gasteiger partial charge >= 0.3 is 0 Å². The largest absolute Gasteiger partial charge is 0.486 e. The molecular formula is C22H25N5O2S. The number of hydrogen-bond donors (Lipinski definition) is 0. The molecule has 8 heteroatoms. The van der Waals surface area contributed by atoms with Crippen molar-refractivity contribution in [1.29, 1.82) is 0 Å². The van der Waals surface area contributed by atoms with E-state index in [1.54, 1.807) is 0 Å². The maximum atomic E-state index is 12.6. The van der Waals surface area contributed by atoms with Gasteiger partial charge in [-0.05, 0) is 24.3 Å². The molecule has 0 spiro atoms. The van der Waals surface area contributed by atoms with Crippen molar-refractivity contribution >= 4 is 23.4 Å². The van der Waals surface area contributed by atoms with Crippen LogP contribution in [0.4, 0.5) is 5.69 Å². The molecule has 0 N–H and O–H groups in total. The Morgan fingerprint density at radius 3 is 2.33 bits per heavy atom. The molecule has 2 heterocycles. The van der Waals surface area contributed by atoms with Gasteiger partial charge < -0.3 is 19.1 Å². The van der Waals surface area contributed by atoms with Gasteiger partial charge in [0.05, 0.1) is 5.75 Å². The first-order valence-electron chi connectivity index (χ1n) is 9.97. The maximum Gasteiger partial charge on any atom is 0.233 e. The molecule has 0 unspecified atom stereocenters. The van der Waals surface area contributed by atoms with Crippen LogP contribution in [0.5, 0.6) is 5.75 Å². The molecule has 1 aliphatic rings. The van der Waals surface area contributed by atoms with Crippen molar-refractivity contribution in [3.63, 3.8) is 0 Å². The minimum absolute atomic E-state index is 0.137. The van der Waals surface area contributed by atoms with Crippen LogP contribution < -0.4 is 9.64 Å². The highest BCUT2D eigenvalue weighted by Crippen LogP contribution is 2.19. The second-order valence-corrected chi connectivity index (χ2v) is 7.99. The lowest BCUT2D eigenvalue weighted by molar-refractivity contribution is -0.128. The number of piperazine rings is 1. The van der Waals surface area contributed by atoms with Gasteiger partial charge in [0.1, 0.15) is 12.4 Å². The van der Waals surface area contributed by atoms with Crippen molar-refractivity contribution in [3.8, 4) is 5.75 Å². The van der Waals surface area contributed by atoms with Gasteiger partial charge in [0.15, 0.2) is 11.0 Å². The molecule has 1 aromatic heterocycles. The summed E-state index contributed by atoms with van der Waals surface area (Å²) >= 11 is 1.42. The highest BCUT2D eigenvalue weighted by atomic mass is 32.2. The average Bonchev–Trinajstić information content (AvgIpc) is 3.16. The van der Waals surface area contributed by atoms with Gasteiger partial charge in [0, 0.05) is 38.9 Å². The summed E-state index contributed by atoms with van der Waals surface area (Å²) in [7, 11) is 1.90. The van der Waals surface area contributed by atoms with Crippen LogP contribution in [-0.4, -0.2) is 57.5 Å². The molecule has 7 nitrogen and oxygen atoms in total. The Balaban J connectivity index is 1.25. The number of ether oxygens (including phenoxy) is 1. The normalized spacial score (nSPS) is 14.0. The Kier molecular flexibility index (Phi) is 6.53. The fraction of sp³-hybridized carbons (Fsp3) is 0.318. The van der Waals surface area contributed by atoms with Crippen molar-refractivity contribution < 1.29 is 9.53 Å². The summed E-state index contributed by atoms with van der Waals surface area (Å²) in [4.78, 5) is 16.9. The molecule has 0 aliphatic carbocycles. The number of thioether (sulfide) groups is 1. The number of carbonyl (C=O) groups is 1.